The van der Waals surface area contributed by atoms with Gasteiger partial charge in [-0.15, -0.1) is 0 Å². The molecule has 1 heterocycles. The predicted octanol–water partition coefficient (Wildman–Crippen LogP) is 3.97. The summed E-state index contributed by atoms with van der Waals surface area (Å²) in [5, 5.41) is 3.00. The molecule has 1 aliphatic rings. The second kappa shape index (κ2) is 8.59. The smallest absolute Gasteiger partial charge is 0.228 e. The molecule has 2 aromatic carbocycles. The first-order chi connectivity index (χ1) is 13.5. The minimum Gasteiger partial charge on any atom is -0.356 e. The summed E-state index contributed by atoms with van der Waals surface area (Å²) in [6, 6.07) is 16.9. The van der Waals surface area contributed by atoms with Gasteiger partial charge in [-0.1, -0.05) is 61.0 Å². The third-order valence-electron chi connectivity index (χ3n) is 5.68. The summed E-state index contributed by atoms with van der Waals surface area (Å²) < 4.78 is 0. The van der Waals surface area contributed by atoms with Crippen molar-refractivity contribution >= 4 is 11.8 Å². The molecule has 0 saturated carbocycles. The highest BCUT2D eigenvalue weighted by Gasteiger charge is 2.45. The number of nitrogens with zero attached hydrogens (tertiary/aromatic N) is 1. The average molecular weight is 379 g/mol. The fraction of sp³-hybridized carbons (Fsp3) is 0.417. The summed E-state index contributed by atoms with van der Waals surface area (Å²) in [6.07, 6.45) is 1.83. The molecule has 1 fully saturated rings. The van der Waals surface area contributed by atoms with Gasteiger partial charge in [-0.05, 0) is 43.4 Å². The molecule has 148 valence electrons. The first-order valence-corrected chi connectivity index (χ1v) is 10.2. The van der Waals surface area contributed by atoms with Gasteiger partial charge in [0, 0.05) is 26.1 Å². The number of hydrogen-bond acceptors (Lipinski definition) is 2. The molecule has 0 aliphatic carbocycles. The SMILES string of the molecule is CCNC(=O)C1(Cc2cccc(-c3ccc(C)cc3)c2)CCN(C(=O)CC)C1. The Balaban J connectivity index is 1.87. The van der Waals surface area contributed by atoms with Gasteiger partial charge in [0.1, 0.15) is 0 Å². The molecule has 2 aromatic rings. The van der Waals surface area contributed by atoms with E-state index in [2.05, 4.69) is 60.8 Å². The van der Waals surface area contributed by atoms with Crippen LogP contribution in [0.15, 0.2) is 48.5 Å². The van der Waals surface area contributed by atoms with E-state index in [1.54, 1.807) is 0 Å². The maximum absolute atomic E-state index is 13.0. The summed E-state index contributed by atoms with van der Waals surface area (Å²) >= 11 is 0. The van der Waals surface area contributed by atoms with E-state index in [9.17, 15) is 9.59 Å². The molecule has 1 aliphatic heterocycles. The number of carbonyl (C=O) groups excluding carboxylic acids is 2. The van der Waals surface area contributed by atoms with Gasteiger partial charge in [0.2, 0.25) is 11.8 Å². The van der Waals surface area contributed by atoms with Crippen molar-refractivity contribution in [2.45, 2.75) is 40.0 Å². The van der Waals surface area contributed by atoms with Crippen molar-refractivity contribution in [3.05, 3.63) is 59.7 Å². The highest BCUT2D eigenvalue weighted by atomic mass is 16.2. The second-order valence-electron chi connectivity index (χ2n) is 7.80. The summed E-state index contributed by atoms with van der Waals surface area (Å²) in [5.74, 6) is 0.182. The van der Waals surface area contributed by atoms with Gasteiger partial charge in [-0.2, -0.15) is 0 Å². The van der Waals surface area contributed by atoms with Crippen LogP contribution in [0, 0.1) is 12.3 Å². The van der Waals surface area contributed by atoms with Gasteiger partial charge in [-0.25, -0.2) is 0 Å². The Labute approximate surface area is 167 Å². The van der Waals surface area contributed by atoms with Gasteiger partial charge in [-0.3, -0.25) is 9.59 Å². The van der Waals surface area contributed by atoms with Crippen LogP contribution in [0.1, 0.15) is 37.8 Å². The van der Waals surface area contributed by atoms with Crippen LogP contribution in [0.5, 0.6) is 0 Å². The Hall–Kier alpha value is -2.62. The molecular formula is C24H30N2O2. The maximum Gasteiger partial charge on any atom is 0.228 e. The standard InChI is InChI=1S/C24H30N2O2/c1-4-22(27)26-14-13-24(17-26,23(28)25-5-2)16-19-7-6-8-21(15-19)20-11-9-18(3)10-12-20/h6-12,15H,4-5,13-14,16-17H2,1-3H3,(H,25,28). The third kappa shape index (κ3) is 4.27. The largest absolute Gasteiger partial charge is 0.356 e. The van der Waals surface area contributed by atoms with Gasteiger partial charge in [0.05, 0.1) is 5.41 Å². The quantitative estimate of drug-likeness (QED) is 0.827. The van der Waals surface area contributed by atoms with Crippen molar-refractivity contribution in [1.29, 1.82) is 0 Å². The van der Waals surface area contributed by atoms with E-state index in [0.29, 0.717) is 38.9 Å². The molecular weight excluding hydrogens is 348 g/mol. The lowest BCUT2D eigenvalue weighted by Gasteiger charge is -2.28. The minimum atomic E-state index is -0.549. The van der Waals surface area contributed by atoms with E-state index in [1.165, 1.54) is 11.1 Å². The molecule has 28 heavy (non-hydrogen) atoms. The molecule has 0 aromatic heterocycles. The Morgan fingerprint density at radius 2 is 1.82 bits per heavy atom. The average Bonchev–Trinajstić information content (AvgIpc) is 3.14. The number of hydrogen-bond donors (Lipinski definition) is 1. The Morgan fingerprint density at radius 3 is 2.50 bits per heavy atom. The van der Waals surface area contributed by atoms with Crippen LogP contribution in [0.3, 0.4) is 0 Å². The topological polar surface area (TPSA) is 49.4 Å². The summed E-state index contributed by atoms with van der Waals surface area (Å²) in [7, 11) is 0. The molecule has 1 saturated heterocycles. The van der Waals surface area contributed by atoms with Gasteiger partial charge >= 0.3 is 0 Å². The molecule has 2 amide bonds. The molecule has 0 bridgehead atoms. The normalized spacial score (nSPS) is 18.9. The first-order valence-electron chi connectivity index (χ1n) is 10.2. The number of aryl methyl sites for hydroxylation is 1. The molecule has 1 N–H and O–H groups in total. The highest BCUT2D eigenvalue weighted by Crippen LogP contribution is 2.36. The summed E-state index contributed by atoms with van der Waals surface area (Å²) in [4.78, 5) is 27.0. The zero-order chi connectivity index (χ0) is 20.1. The zero-order valence-corrected chi connectivity index (χ0v) is 17.1. The Bertz CT molecular complexity index is 844. The van der Waals surface area contributed by atoms with Crippen molar-refractivity contribution in [1.82, 2.24) is 10.2 Å². The zero-order valence-electron chi connectivity index (χ0n) is 17.1. The number of amides is 2. The van der Waals surface area contributed by atoms with Crippen molar-refractivity contribution in [2.24, 2.45) is 5.41 Å². The van der Waals surface area contributed by atoms with Crippen molar-refractivity contribution in [3.8, 4) is 11.1 Å². The number of benzene rings is 2. The predicted molar refractivity (Wildman–Crippen MR) is 113 cm³/mol. The number of likely N-dealkylation sites (tertiary alicyclic amines) is 1. The van der Waals surface area contributed by atoms with E-state index < -0.39 is 5.41 Å². The van der Waals surface area contributed by atoms with Crippen LogP contribution >= 0.6 is 0 Å². The van der Waals surface area contributed by atoms with E-state index in [0.717, 1.165) is 11.1 Å². The van der Waals surface area contributed by atoms with Gasteiger partial charge in [0.15, 0.2) is 0 Å². The van der Waals surface area contributed by atoms with Crippen LogP contribution < -0.4 is 5.32 Å². The fourth-order valence-electron chi connectivity index (χ4n) is 4.06. The van der Waals surface area contributed by atoms with Crippen molar-refractivity contribution < 1.29 is 9.59 Å². The maximum atomic E-state index is 13.0. The van der Waals surface area contributed by atoms with E-state index in [1.807, 2.05) is 18.7 Å². The van der Waals surface area contributed by atoms with Gasteiger partial charge in [0.25, 0.3) is 0 Å². The molecule has 0 spiro atoms. The number of nitrogens with one attached hydrogen (secondary N) is 1. The van der Waals surface area contributed by atoms with Crippen LogP contribution in [-0.2, 0) is 16.0 Å². The first kappa shape index (κ1) is 20.1. The van der Waals surface area contributed by atoms with E-state index >= 15 is 0 Å². The van der Waals surface area contributed by atoms with Crippen LogP contribution in [0.25, 0.3) is 11.1 Å². The van der Waals surface area contributed by atoms with E-state index in [4.69, 9.17) is 0 Å². The number of carbonyl (C=O) groups is 2. The highest BCUT2D eigenvalue weighted by molar-refractivity contribution is 5.85. The van der Waals surface area contributed by atoms with Crippen molar-refractivity contribution in [3.63, 3.8) is 0 Å². The summed E-state index contributed by atoms with van der Waals surface area (Å²) in [5.41, 5.74) is 4.15. The summed E-state index contributed by atoms with van der Waals surface area (Å²) in [6.45, 7) is 7.65. The van der Waals surface area contributed by atoms with Crippen LogP contribution in [0.4, 0.5) is 0 Å². The lowest BCUT2D eigenvalue weighted by atomic mass is 9.79. The molecule has 3 rings (SSSR count). The lowest BCUT2D eigenvalue weighted by Crippen LogP contribution is -2.45. The fourth-order valence-corrected chi connectivity index (χ4v) is 4.06. The minimum absolute atomic E-state index is 0.0575. The van der Waals surface area contributed by atoms with Crippen LogP contribution in [-0.4, -0.2) is 36.3 Å². The van der Waals surface area contributed by atoms with Crippen molar-refractivity contribution in [2.75, 3.05) is 19.6 Å². The van der Waals surface area contributed by atoms with Crippen LogP contribution in [0.2, 0.25) is 0 Å². The second-order valence-corrected chi connectivity index (χ2v) is 7.80. The van der Waals surface area contributed by atoms with E-state index in [-0.39, 0.29) is 11.8 Å². The van der Waals surface area contributed by atoms with Gasteiger partial charge < -0.3 is 10.2 Å². The molecule has 4 nitrogen and oxygen atoms in total. The third-order valence-corrected chi connectivity index (χ3v) is 5.68. The lowest BCUT2D eigenvalue weighted by molar-refractivity contribution is -0.133. The molecule has 0 radical (unpaired) electrons. The molecule has 1 unspecified atom stereocenters. The molecule has 4 heteroatoms. The monoisotopic (exact) mass is 378 g/mol. The molecule has 1 atom stereocenters. The Morgan fingerprint density at radius 1 is 1.07 bits per heavy atom. The Kier molecular flexibility index (Phi) is 6.18. The number of rotatable bonds is 6.